The molecule has 0 spiro atoms. The number of hydrogen-bond acceptors (Lipinski definition) is 24. The molecule has 32 nitrogen and oxygen atoms in total. The third-order valence-electron chi connectivity index (χ3n) is 18.0. The first kappa shape index (κ1) is 74.7. The molecule has 12 rings (SSSR count). The summed E-state index contributed by atoms with van der Waals surface area (Å²) in [5.41, 5.74) is 9.24. The van der Waals surface area contributed by atoms with E-state index in [2.05, 4.69) is 42.5 Å². The van der Waals surface area contributed by atoms with Crippen LogP contribution in [0.15, 0.2) is 84.9 Å². The number of aliphatic hydroxyl groups is 6. The predicted octanol–water partition coefficient (Wildman–Crippen LogP) is 0.0620. The van der Waals surface area contributed by atoms with Crippen LogP contribution in [0.1, 0.15) is 105 Å². The second kappa shape index (κ2) is 30.7. The van der Waals surface area contributed by atoms with Crippen molar-refractivity contribution in [3.63, 3.8) is 0 Å². The van der Waals surface area contributed by atoms with Gasteiger partial charge in [0.1, 0.15) is 89.8 Å². The fraction of sp³-hybridized carbons (Fsp3) is 0.433. The summed E-state index contributed by atoms with van der Waals surface area (Å²) in [4.78, 5) is 118. The van der Waals surface area contributed by atoms with Crippen LogP contribution < -0.4 is 68.2 Å². The Kier molecular flexibility index (Phi) is 22.7. The summed E-state index contributed by atoms with van der Waals surface area (Å²) >= 11 is 14.2. The van der Waals surface area contributed by atoms with Crippen LogP contribution in [0.25, 0.3) is 11.1 Å². The highest BCUT2D eigenvalue weighted by Crippen LogP contribution is 2.49. The minimum atomic E-state index is -2.30. The van der Waals surface area contributed by atoms with E-state index in [0.29, 0.717) is 0 Å². The van der Waals surface area contributed by atoms with Gasteiger partial charge in [-0.3, -0.25) is 38.4 Å². The molecular weight excluding hydrogens is 1370 g/mol. The first-order chi connectivity index (χ1) is 47.8. The standard InChI is InChI=1S/C67H78Cl2N10O22/c1-25(2)16-35(72-5)59(89)78-50-52(84)28-11-14-39(33(68)18-28)97-41-20-30-21-42(56(41)101-66-57(55(87)54(86)43(24-80)99-66)100-45-23-67(4,71)58(88)26(3)96-45)98-40-15-12-29(19-34(40)69)53(85)51-65(95)77-49(61(91)73-6)31-8-7-9-38(82)46(31)32-17-27(10-13-37(32)81)47(62(92)79-51)76-63(93)48(30)75-60(90)36(22-44(70)83)74-64(50)94/h7-15,17-21,25-26,35-36,43,45,47-55,57-58,66,72,80-82,84-88H,16,22-24,71H2,1-6H3,(H2,70,83)(H,73,91)(H,74,94)(H,75,90)(H,76,93)(H,77,95)(H,78,89)(H,79,92)/t26-,35+,36-,43+,45-,47+,48+,49-,50+,51-,52+,53+,54+,55-,57+,58+,66-,67-/m0/s1. The number of nitrogens with one attached hydrogen (secondary N) is 8. The van der Waals surface area contributed by atoms with Gasteiger partial charge in [-0.05, 0) is 116 Å². The summed E-state index contributed by atoms with van der Waals surface area (Å²) in [5, 5.41) is 113. The molecule has 2 saturated heterocycles. The van der Waals surface area contributed by atoms with E-state index in [4.69, 9.17) is 63.1 Å². The molecule has 5 aromatic rings. The Hall–Kier alpha value is -9.00. The first-order valence-corrected chi connectivity index (χ1v) is 32.8. The minimum Gasteiger partial charge on any atom is -0.507 e. The molecule has 5 aromatic carbocycles. The van der Waals surface area contributed by atoms with Crippen LogP contribution in [-0.2, 0) is 52.6 Å². The molecule has 11 bridgehead atoms. The number of phenols is 2. The highest BCUT2D eigenvalue weighted by atomic mass is 35.5. The number of primary amides is 1. The summed E-state index contributed by atoms with van der Waals surface area (Å²) in [6.07, 6.45) is -18.2. The lowest BCUT2D eigenvalue weighted by molar-refractivity contribution is -0.333. The quantitative estimate of drug-likeness (QED) is 0.0741. The zero-order valence-corrected chi connectivity index (χ0v) is 56.5. The number of likely N-dealkylation sites (N-methyl/N-ethyl adjacent to an activating group) is 2. The van der Waals surface area contributed by atoms with Crippen molar-refractivity contribution in [1.82, 2.24) is 42.5 Å². The minimum absolute atomic E-state index is 0.0839. The van der Waals surface area contributed by atoms with Crippen molar-refractivity contribution in [3.8, 4) is 51.4 Å². The number of carbonyl (C=O) groups excluding carboxylic acids is 8. The van der Waals surface area contributed by atoms with Gasteiger partial charge in [0.05, 0.1) is 41.3 Å². The maximum atomic E-state index is 16.1. The van der Waals surface area contributed by atoms with Gasteiger partial charge in [-0.1, -0.05) is 67.4 Å². The lowest BCUT2D eigenvalue weighted by atomic mass is 9.86. The van der Waals surface area contributed by atoms with E-state index >= 15 is 14.4 Å². The third-order valence-corrected chi connectivity index (χ3v) is 18.6. The van der Waals surface area contributed by atoms with E-state index < -0.39 is 204 Å². The Labute approximate surface area is 586 Å². The number of phenolic OH excluding ortho intramolecular Hbond substituents is 2. The topological polar surface area (TPSA) is 502 Å². The lowest BCUT2D eigenvalue weighted by Gasteiger charge is -2.47. The number of aromatic hydroxyl groups is 2. The summed E-state index contributed by atoms with van der Waals surface area (Å²) in [6, 6.07) is 3.15. The van der Waals surface area contributed by atoms with E-state index in [-0.39, 0.29) is 73.7 Å². The fourth-order valence-corrected chi connectivity index (χ4v) is 13.0. The molecular formula is C67H78Cl2N10O22. The molecule has 542 valence electrons. The fourth-order valence-electron chi connectivity index (χ4n) is 12.6. The molecule has 0 radical (unpaired) electrons. The van der Waals surface area contributed by atoms with E-state index in [1.54, 1.807) is 0 Å². The maximum absolute atomic E-state index is 16.1. The molecule has 101 heavy (non-hydrogen) atoms. The average molecular weight is 1450 g/mol. The summed E-state index contributed by atoms with van der Waals surface area (Å²) < 4.78 is 38.5. The van der Waals surface area contributed by atoms with Crippen LogP contribution in [-0.4, -0.2) is 188 Å². The van der Waals surface area contributed by atoms with E-state index in [1.165, 1.54) is 70.4 Å². The van der Waals surface area contributed by atoms with Gasteiger partial charge in [-0.15, -0.1) is 0 Å². The Morgan fingerprint density at radius 3 is 1.92 bits per heavy atom. The van der Waals surface area contributed by atoms with Crippen molar-refractivity contribution < 1.29 is 108 Å². The Morgan fingerprint density at radius 2 is 1.33 bits per heavy atom. The van der Waals surface area contributed by atoms with Gasteiger partial charge in [0.25, 0.3) is 0 Å². The highest BCUT2D eigenvalue weighted by molar-refractivity contribution is 6.32. The number of benzene rings is 5. The number of carbonyl (C=O) groups is 8. The van der Waals surface area contributed by atoms with Gasteiger partial charge in [0.15, 0.2) is 23.9 Å². The van der Waals surface area contributed by atoms with Crippen molar-refractivity contribution >= 4 is 70.5 Å². The maximum Gasteiger partial charge on any atom is 0.248 e. The largest absolute Gasteiger partial charge is 0.507 e. The lowest BCUT2D eigenvalue weighted by Crippen LogP contribution is -2.64. The van der Waals surface area contributed by atoms with Gasteiger partial charge in [0.2, 0.25) is 59.3 Å². The smallest absolute Gasteiger partial charge is 0.248 e. The predicted molar refractivity (Wildman–Crippen MR) is 354 cm³/mol. The van der Waals surface area contributed by atoms with Gasteiger partial charge < -0.3 is 123 Å². The number of hydrogen-bond donors (Lipinski definition) is 18. The molecule has 0 aliphatic carbocycles. The Balaban J connectivity index is 1.24. The molecule has 7 aliphatic heterocycles. The molecule has 34 heteroatoms. The number of ether oxygens (including phenoxy) is 6. The van der Waals surface area contributed by atoms with Gasteiger partial charge in [0, 0.05) is 30.1 Å². The number of aliphatic hydroxyl groups excluding tert-OH is 6. The average Bonchev–Trinajstić information content (AvgIpc) is 0.770. The molecule has 2 fully saturated rings. The summed E-state index contributed by atoms with van der Waals surface area (Å²) in [7, 11) is 2.73. The first-order valence-electron chi connectivity index (χ1n) is 32.0. The Morgan fingerprint density at radius 1 is 0.713 bits per heavy atom. The van der Waals surface area contributed by atoms with Crippen LogP contribution in [0.5, 0.6) is 40.2 Å². The van der Waals surface area contributed by atoms with Gasteiger partial charge >= 0.3 is 0 Å². The van der Waals surface area contributed by atoms with Crippen molar-refractivity contribution in [2.75, 3.05) is 20.7 Å². The van der Waals surface area contributed by atoms with Crippen LogP contribution in [0.4, 0.5) is 0 Å². The molecule has 18 atom stereocenters. The number of rotatable bonds is 13. The monoisotopic (exact) mass is 1440 g/mol. The molecule has 8 amide bonds. The van der Waals surface area contributed by atoms with Gasteiger partial charge in [-0.2, -0.15) is 0 Å². The second-order valence-electron chi connectivity index (χ2n) is 25.8. The van der Waals surface area contributed by atoms with Crippen LogP contribution >= 0.6 is 23.2 Å². The second-order valence-corrected chi connectivity index (χ2v) is 26.6. The molecule has 20 N–H and O–H groups in total. The van der Waals surface area contributed by atoms with Crippen molar-refractivity contribution in [2.45, 2.75) is 156 Å². The van der Waals surface area contributed by atoms with Gasteiger partial charge in [-0.25, -0.2) is 0 Å². The molecule has 0 aromatic heterocycles. The zero-order chi connectivity index (χ0) is 73.4. The SMILES string of the molecule is CNC(=O)[C@H]1NC(=O)[C@H]2NC(=O)[C@H](NC(=O)[C@@H]3NC(=O)[C@H](CC(N)=O)NC(=O)[C@H](NC(=O)[C@@H](CC(C)C)NC)[C@H](O)c4ccc(c(Cl)c4)Oc4cc3cc(c4O[C@@H]3O[C@H](CO)[C@@H](O)[C@H](O)[C@H]3O[C@H]3C[C@](C)(N)[C@H](O)[C@H](C)O3)Oc3ccc(cc3Cl)[C@H]2O)c2ccc(O)c(c2)-c2c(O)cccc21. The number of halogens is 2. The molecule has 0 unspecified atom stereocenters. The van der Waals surface area contributed by atoms with E-state index in [1.807, 2.05) is 13.8 Å². The molecule has 0 saturated carbocycles. The van der Waals surface area contributed by atoms with Crippen molar-refractivity contribution in [3.05, 3.63) is 123 Å². The summed E-state index contributed by atoms with van der Waals surface area (Å²) in [6.45, 7) is 5.73. The van der Waals surface area contributed by atoms with Crippen molar-refractivity contribution in [2.24, 2.45) is 17.4 Å². The Bertz CT molecular complexity index is 4040. The van der Waals surface area contributed by atoms with E-state index in [0.717, 1.165) is 42.5 Å². The number of fused-ring (bicyclic) bond motifs is 15. The number of nitrogens with two attached hydrogens (primary N) is 2. The molecule has 7 heterocycles. The van der Waals surface area contributed by atoms with Crippen LogP contribution in [0.3, 0.4) is 0 Å². The zero-order valence-electron chi connectivity index (χ0n) is 55.0. The van der Waals surface area contributed by atoms with Crippen LogP contribution in [0, 0.1) is 5.92 Å². The normalized spacial score (nSPS) is 29.4. The van der Waals surface area contributed by atoms with Crippen molar-refractivity contribution in [1.29, 1.82) is 0 Å². The number of amides is 8. The summed E-state index contributed by atoms with van der Waals surface area (Å²) in [5.74, 6) is -13.2. The van der Waals surface area contributed by atoms with Crippen LogP contribution in [0.2, 0.25) is 10.0 Å². The highest BCUT2D eigenvalue weighted by Gasteiger charge is 2.51. The van der Waals surface area contributed by atoms with E-state index in [9.17, 15) is 64.8 Å². The molecule has 7 aliphatic rings. The third kappa shape index (κ3) is 15.9.